The van der Waals surface area contributed by atoms with E-state index in [2.05, 4.69) is 15.1 Å². The molecule has 4 rings (SSSR count). The van der Waals surface area contributed by atoms with Gasteiger partial charge in [0.05, 0.1) is 6.33 Å². The maximum atomic E-state index is 12.2. The molecule has 1 saturated carbocycles. The van der Waals surface area contributed by atoms with Crippen LogP contribution in [0, 0.1) is 0 Å². The number of nitrogens with zero attached hydrogens (tertiary/aromatic N) is 5. The van der Waals surface area contributed by atoms with Gasteiger partial charge in [0, 0.05) is 37.3 Å². The molecule has 0 bridgehead atoms. The van der Waals surface area contributed by atoms with Crippen LogP contribution in [0.25, 0.3) is 0 Å². The lowest BCUT2D eigenvalue weighted by Crippen LogP contribution is -2.31. The first kappa shape index (κ1) is 12.6. The van der Waals surface area contributed by atoms with Crippen LogP contribution in [0.4, 0.5) is 0 Å². The highest BCUT2D eigenvalue weighted by Crippen LogP contribution is 2.39. The van der Waals surface area contributed by atoms with Crippen molar-refractivity contribution >= 4 is 5.91 Å². The minimum absolute atomic E-state index is 0.112. The van der Waals surface area contributed by atoms with Crippen molar-refractivity contribution in [1.29, 1.82) is 0 Å². The van der Waals surface area contributed by atoms with E-state index in [1.165, 1.54) is 0 Å². The maximum absolute atomic E-state index is 12.2. The molecule has 0 radical (unpaired) electrons. The lowest BCUT2D eigenvalue weighted by molar-refractivity contribution is -0.130. The summed E-state index contributed by atoms with van der Waals surface area (Å²) in [5, 5.41) is 4.09. The molecule has 21 heavy (non-hydrogen) atoms. The summed E-state index contributed by atoms with van der Waals surface area (Å²) in [5.74, 6) is 2.32. The highest BCUT2D eigenvalue weighted by atomic mass is 16.5. The van der Waals surface area contributed by atoms with E-state index in [1.54, 1.807) is 23.3 Å². The average Bonchev–Trinajstić information content (AvgIpc) is 2.94. The summed E-state index contributed by atoms with van der Waals surface area (Å²) in [6, 6.07) is 0. The minimum atomic E-state index is 0.112. The number of carbonyl (C=O) groups excluding carboxylic acids is 1. The van der Waals surface area contributed by atoms with Gasteiger partial charge in [-0.1, -0.05) is 5.16 Å². The van der Waals surface area contributed by atoms with Gasteiger partial charge >= 0.3 is 0 Å². The molecule has 1 saturated heterocycles. The smallest absolute Gasteiger partial charge is 0.242 e. The van der Waals surface area contributed by atoms with E-state index >= 15 is 0 Å². The third kappa shape index (κ3) is 2.55. The number of aromatic nitrogens is 4. The Labute approximate surface area is 122 Å². The Morgan fingerprint density at radius 3 is 3.00 bits per heavy atom. The van der Waals surface area contributed by atoms with Crippen molar-refractivity contribution in [3.8, 4) is 0 Å². The van der Waals surface area contributed by atoms with Gasteiger partial charge in [0.15, 0.2) is 5.82 Å². The van der Waals surface area contributed by atoms with Crippen LogP contribution in [0.3, 0.4) is 0 Å². The van der Waals surface area contributed by atoms with Crippen molar-refractivity contribution in [3.63, 3.8) is 0 Å². The Balaban J connectivity index is 1.38. The summed E-state index contributed by atoms with van der Waals surface area (Å²) in [6.07, 6.45) is 8.35. The summed E-state index contributed by atoms with van der Waals surface area (Å²) >= 11 is 0. The first-order chi connectivity index (χ1) is 10.3. The minimum Gasteiger partial charge on any atom is -0.340 e. The molecule has 2 aromatic heterocycles. The molecule has 0 aromatic carbocycles. The van der Waals surface area contributed by atoms with Gasteiger partial charge in [0.1, 0.15) is 6.54 Å². The molecule has 110 valence electrons. The molecule has 7 heteroatoms. The zero-order valence-electron chi connectivity index (χ0n) is 11.7. The third-order valence-corrected chi connectivity index (χ3v) is 4.17. The molecule has 7 nitrogen and oxygen atoms in total. The van der Waals surface area contributed by atoms with E-state index in [1.807, 2.05) is 4.90 Å². The Morgan fingerprint density at radius 2 is 2.24 bits per heavy atom. The second kappa shape index (κ2) is 4.98. The summed E-state index contributed by atoms with van der Waals surface area (Å²) < 4.78 is 7.09. The van der Waals surface area contributed by atoms with Gasteiger partial charge in [0.2, 0.25) is 11.8 Å². The zero-order valence-corrected chi connectivity index (χ0v) is 11.7. The first-order valence-corrected chi connectivity index (χ1v) is 7.36. The van der Waals surface area contributed by atoms with Gasteiger partial charge in [-0.15, -0.1) is 0 Å². The number of hydrogen-bond acceptors (Lipinski definition) is 5. The van der Waals surface area contributed by atoms with Gasteiger partial charge in [-0.25, -0.2) is 4.98 Å². The summed E-state index contributed by atoms with van der Waals surface area (Å²) in [4.78, 5) is 22.5. The Bertz CT molecular complexity index is 632. The van der Waals surface area contributed by atoms with Crippen LogP contribution in [0.2, 0.25) is 0 Å². The van der Waals surface area contributed by atoms with Crippen LogP contribution in [-0.4, -0.2) is 43.6 Å². The maximum Gasteiger partial charge on any atom is 0.242 e. The van der Waals surface area contributed by atoms with Gasteiger partial charge < -0.3 is 14.0 Å². The van der Waals surface area contributed by atoms with Crippen LogP contribution in [0.5, 0.6) is 0 Å². The predicted octanol–water partition coefficient (Wildman–Crippen LogP) is 1.16. The van der Waals surface area contributed by atoms with Crippen molar-refractivity contribution in [3.05, 3.63) is 30.4 Å². The van der Waals surface area contributed by atoms with Crippen molar-refractivity contribution in [2.24, 2.45) is 0 Å². The standard InChI is InChI=1S/C14H17N5O2/c20-12(8-18-6-4-15-9-18)19-5-3-11(7-19)13-16-14(21-17-13)10-1-2-10/h4,6,9-11H,1-3,5,7-8H2. The number of hydrogen-bond donors (Lipinski definition) is 0. The van der Waals surface area contributed by atoms with E-state index in [0.717, 1.165) is 37.5 Å². The average molecular weight is 287 g/mol. The highest BCUT2D eigenvalue weighted by Gasteiger charge is 2.34. The molecule has 2 aromatic rings. The monoisotopic (exact) mass is 287 g/mol. The number of likely N-dealkylation sites (tertiary alicyclic amines) is 1. The quantitative estimate of drug-likeness (QED) is 0.843. The molecule has 1 amide bonds. The zero-order chi connectivity index (χ0) is 14.2. The van der Waals surface area contributed by atoms with E-state index in [-0.39, 0.29) is 11.8 Å². The molecule has 2 fully saturated rings. The third-order valence-electron chi connectivity index (χ3n) is 4.17. The van der Waals surface area contributed by atoms with Crippen LogP contribution in [0.15, 0.2) is 23.2 Å². The van der Waals surface area contributed by atoms with E-state index in [4.69, 9.17) is 4.52 Å². The molecule has 1 unspecified atom stereocenters. The second-order valence-electron chi connectivity index (χ2n) is 5.83. The Morgan fingerprint density at radius 1 is 1.33 bits per heavy atom. The number of imidazole rings is 1. The van der Waals surface area contributed by atoms with E-state index in [9.17, 15) is 4.79 Å². The normalized spacial score (nSPS) is 21.9. The SMILES string of the molecule is O=C(Cn1ccnc1)N1CCC(c2noc(C3CC3)n2)C1. The van der Waals surface area contributed by atoms with E-state index in [0.29, 0.717) is 19.0 Å². The predicted molar refractivity (Wildman–Crippen MR) is 72.4 cm³/mol. The lowest BCUT2D eigenvalue weighted by atomic mass is 10.1. The van der Waals surface area contributed by atoms with Crippen LogP contribution in [-0.2, 0) is 11.3 Å². The first-order valence-electron chi connectivity index (χ1n) is 7.36. The van der Waals surface area contributed by atoms with Crippen molar-refractivity contribution in [1.82, 2.24) is 24.6 Å². The molecule has 1 aliphatic carbocycles. The molecule has 2 aliphatic rings. The van der Waals surface area contributed by atoms with Crippen LogP contribution >= 0.6 is 0 Å². The fraction of sp³-hybridized carbons (Fsp3) is 0.571. The van der Waals surface area contributed by atoms with Crippen molar-refractivity contribution in [2.45, 2.75) is 37.6 Å². The molecule has 0 N–H and O–H groups in total. The topological polar surface area (TPSA) is 77.0 Å². The Kier molecular flexibility index (Phi) is 2.98. The molecule has 0 spiro atoms. The van der Waals surface area contributed by atoms with Gasteiger partial charge in [-0.2, -0.15) is 4.98 Å². The lowest BCUT2D eigenvalue weighted by Gasteiger charge is -2.15. The summed E-state index contributed by atoms with van der Waals surface area (Å²) in [6.45, 7) is 1.77. The number of amides is 1. The largest absolute Gasteiger partial charge is 0.340 e. The molecule has 1 aliphatic heterocycles. The van der Waals surface area contributed by atoms with Crippen molar-refractivity contribution < 1.29 is 9.32 Å². The molecule has 3 heterocycles. The Hall–Kier alpha value is -2.18. The molecular weight excluding hydrogens is 270 g/mol. The number of rotatable bonds is 4. The fourth-order valence-corrected chi connectivity index (χ4v) is 2.74. The summed E-state index contributed by atoms with van der Waals surface area (Å²) in [5.41, 5.74) is 0. The van der Waals surface area contributed by atoms with Crippen molar-refractivity contribution in [2.75, 3.05) is 13.1 Å². The van der Waals surface area contributed by atoms with Crippen LogP contribution < -0.4 is 0 Å². The van der Waals surface area contributed by atoms with E-state index < -0.39 is 0 Å². The molecule has 1 atom stereocenters. The number of carbonyl (C=O) groups is 1. The second-order valence-corrected chi connectivity index (χ2v) is 5.83. The fourth-order valence-electron chi connectivity index (χ4n) is 2.74. The highest BCUT2D eigenvalue weighted by molar-refractivity contribution is 5.76. The summed E-state index contributed by atoms with van der Waals surface area (Å²) in [7, 11) is 0. The van der Waals surface area contributed by atoms with Crippen LogP contribution in [0.1, 0.15) is 42.8 Å². The van der Waals surface area contributed by atoms with Gasteiger partial charge in [-0.3, -0.25) is 4.79 Å². The van der Waals surface area contributed by atoms with Gasteiger partial charge in [0.25, 0.3) is 0 Å². The van der Waals surface area contributed by atoms with Gasteiger partial charge in [-0.05, 0) is 19.3 Å². The molecular formula is C14H17N5O2.